The number of hydrogen-bond acceptors (Lipinski definition) is 3. The van der Waals surface area contributed by atoms with Gasteiger partial charge in [-0.1, -0.05) is 35.0 Å². The molecule has 1 aromatic carbocycles. The summed E-state index contributed by atoms with van der Waals surface area (Å²) in [5, 5.41) is 2.23. The van der Waals surface area contributed by atoms with Crippen molar-refractivity contribution in [3.8, 4) is 0 Å². The monoisotopic (exact) mass is 310 g/mol. The van der Waals surface area contributed by atoms with Gasteiger partial charge in [0.25, 0.3) is 0 Å². The van der Waals surface area contributed by atoms with E-state index in [0.717, 1.165) is 26.3 Å². The van der Waals surface area contributed by atoms with E-state index in [-0.39, 0.29) is 0 Å². The van der Waals surface area contributed by atoms with Gasteiger partial charge in [-0.3, -0.25) is 0 Å². The van der Waals surface area contributed by atoms with E-state index in [1.54, 1.807) is 11.8 Å². The molecule has 1 saturated carbocycles. The predicted octanol–water partition coefficient (Wildman–Crippen LogP) is 5.12. The molecule has 1 aliphatic rings. The first kappa shape index (κ1) is 13.2. The molecule has 98 valence electrons. The molecule has 5 heteroatoms. The molecule has 3 rings (SSSR count). The van der Waals surface area contributed by atoms with Crippen LogP contribution in [0.4, 0.5) is 0 Å². The summed E-state index contributed by atoms with van der Waals surface area (Å²) < 4.78 is 0. The van der Waals surface area contributed by atoms with Crippen molar-refractivity contribution in [2.24, 2.45) is 0 Å². The molecule has 0 unspecified atom stereocenters. The lowest BCUT2D eigenvalue weighted by Crippen LogP contribution is -1.98. The summed E-state index contributed by atoms with van der Waals surface area (Å²) in [4.78, 5) is 10.1. The van der Waals surface area contributed by atoms with E-state index in [1.165, 1.54) is 12.8 Å². The van der Waals surface area contributed by atoms with Crippen molar-refractivity contribution >= 4 is 35.0 Å². The highest BCUT2D eigenvalue weighted by molar-refractivity contribution is 7.99. The summed E-state index contributed by atoms with van der Waals surface area (Å²) in [6.45, 7) is 1.96. The normalized spacial score (nSPS) is 14.7. The lowest BCUT2D eigenvalue weighted by Gasteiger charge is -2.08. The standard InChI is InChI=1S/C14H12Cl2N2S/c1-8-12(16)17-13(9-2-3-9)18-14(8)19-11-6-4-10(15)5-7-11/h4-7,9H,2-3H2,1H3. The SMILES string of the molecule is Cc1c(Cl)nc(C2CC2)nc1Sc1ccc(Cl)cc1. The highest BCUT2D eigenvalue weighted by Gasteiger charge is 2.28. The summed E-state index contributed by atoms with van der Waals surface area (Å²) in [5.74, 6) is 1.38. The topological polar surface area (TPSA) is 25.8 Å². The van der Waals surface area contributed by atoms with Crippen molar-refractivity contribution in [2.45, 2.75) is 35.6 Å². The van der Waals surface area contributed by atoms with Crippen molar-refractivity contribution in [3.05, 3.63) is 45.8 Å². The Labute approximate surface area is 126 Å². The molecule has 1 fully saturated rings. The van der Waals surface area contributed by atoms with E-state index in [4.69, 9.17) is 23.2 Å². The van der Waals surface area contributed by atoms with Crippen LogP contribution in [0.3, 0.4) is 0 Å². The van der Waals surface area contributed by atoms with Gasteiger partial charge in [0.2, 0.25) is 0 Å². The average Bonchev–Trinajstić information content (AvgIpc) is 3.21. The fourth-order valence-corrected chi connectivity index (χ4v) is 2.97. The van der Waals surface area contributed by atoms with Crippen LogP contribution in [0.5, 0.6) is 0 Å². The van der Waals surface area contributed by atoms with Gasteiger partial charge >= 0.3 is 0 Å². The fraction of sp³-hybridized carbons (Fsp3) is 0.286. The van der Waals surface area contributed by atoms with Crippen molar-refractivity contribution in [3.63, 3.8) is 0 Å². The number of halogens is 2. The van der Waals surface area contributed by atoms with Crippen LogP contribution in [0.1, 0.15) is 30.1 Å². The molecule has 2 aromatic rings. The Morgan fingerprint density at radius 1 is 1.11 bits per heavy atom. The van der Waals surface area contributed by atoms with Gasteiger partial charge in [0.05, 0.1) is 0 Å². The summed E-state index contributed by atoms with van der Waals surface area (Å²) in [6.07, 6.45) is 2.34. The number of benzene rings is 1. The minimum Gasteiger partial charge on any atom is -0.226 e. The molecular formula is C14H12Cl2N2S. The molecule has 2 nitrogen and oxygen atoms in total. The first-order chi connectivity index (χ1) is 9.13. The van der Waals surface area contributed by atoms with Gasteiger partial charge in [0, 0.05) is 21.4 Å². The van der Waals surface area contributed by atoms with Crippen LogP contribution in [0.2, 0.25) is 10.2 Å². The molecule has 0 N–H and O–H groups in total. The van der Waals surface area contributed by atoms with Crippen LogP contribution in [0, 0.1) is 6.92 Å². The van der Waals surface area contributed by atoms with Gasteiger partial charge < -0.3 is 0 Å². The van der Waals surface area contributed by atoms with Gasteiger partial charge in [-0.15, -0.1) is 0 Å². The van der Waals surface area contributed by atoms with E-state index < -0.39 is 0 Å². The van der Waals surface area contributed by atoms with Crippen molar-refractivity contribution in [1.29, 1.82) is 0 Å². The highest BCUT2D eigenvalue weighted by atomic mass is 35.5. The van der Waals surface area contributed by atoms with Crippen LogP contribution in [-0.4, -0.2) is 9.97 Å². The zero-order chi connectivity index (χ0) is 13.4. The smallest absolute Gasteiger partial charge is 0.136 e. The third kappa shape index (κ3) is 3.04. The molecule has 0 aliphatic heterocycles. The molecule has 0 amide bonds. The zero-order valence-corrected chi connectivity index (χ0v) is 12.7. The van der Waals surface area contributed by atoms with Gasteiger partial charge in [-0.05, 0) is 44.0 Å². The molecule has 0 spiro atoms. The summed E-state index contributed by atoms with van der Waals surface area (Å²) in [7, 11) is 0. The van der Waals surface area contributed by atoms with Gasteiger partial charge in [0.15, 0.2) is 0 Å². The molecule has 1 heterocycles. The van der Waals surface area contributed by atoms with Gasteiger partial charge in [-0.25, -0.2) is 9.97 Å². The average molecular weight is 311 g/mol. The minimum absolute atomic E-state index is 0.502. The van der Waals surface area contributed by atoms with Crippen LogP contribution >= 0.6 is 35.0 Å². The molecule has 0 saturated heterocycles. The number of nitrogens with zero attached hydrogens (tertiary/aromatic N) is 2. The molecule has 1 aliphatic carbocycles. The Balaban J connectivity index is 1.92. The van der Waals surface area contributed by atoms with Gasteiger partial charge in [0.1, 0.15) is 16.0 Å². The molecule has 0 bridgehead atoms. The molecular weight excluding hydrogens is 299 g/mol. The predicted molar refractivity (Wildman–Crippen MR) is 79.3 cm³/mol. The number of aromatic nitrogens is 2. The lowest BCUT2D eigenvalue weighted by molar-refractivity contribution is 0.862. The Morgan fingerprint density at radius 3 is 2.42 bits per heavy atom. The van der Waals surface area contributed by atoms with Crippen LogP contribution < -0.4 is 0 Å². The van der Waals surface area contributed by atoms with E-state index in [2.05, 4.69) is 9.97 Å². The van der Waals surface area contributed by atoms with E-state index in [9.17, 15) is 0 Å². The summed E-state index contributed by atoms with van der Waals surface area (Å²) in [6, 6.07) is 7.73. The van der Waals surface area contributed by atoms with E-state index in [0.29, 0.717) is 11.1 Å². The quantitative estimate of drug-likeness (QED) is 0.736. The Morgan fingerprint density at radius 2 is 1.79 bits per heavy atom. The number of hydrogen-bond donors (Lipinski definition) is 0. The second-order valence-electron chi connectivity index (χ2n) is 4.63. The largest absolute Gasteiger partial charge is 0.226 e. The van der Waals surface area contributed by atoms with Gasteiger partial charge in [-0.2, -0.15) is 0 Å². The maximum atomic E-state index is 6.20. The first-order valence-corrected chi connectivity index (χ1v) is 7.68. The minimum atomic E-state index is 0.502. The van der Waals surface area contributed by atoms with Crippen LogP contribution in [0.15, 0.2) is 34.2 Å². The maximum absolute atomic E-state index is 6.20. The van der Waals surface area contributed by atoms with Crippen molar-refractivity contribution < 1.29 is 0 Å². The summed E-state index contributed by atoms with van der Waals surface area (Å²) >= 11 is 13.7. The van der Waals surface area contributed by atoms with Crippen LogP contribution in [0.25, 0.3) is 0 Å². The fourth-order valence-electron chi connectivity index (χ4n) is 1.72. The van der Waals surface area contributed by atoms with Crippen molar-refractivity contribution in [1.82, 2.24) is 9.97 Å². The second-order valence-corrected chi connectivity index (χ2v) is 6.49. The Kier molecular flexibility index (Phi) is 3.70. The van der Waals surface area contributed by atoms with E-state index in [1.807, 2.05) is 31.2 Å². The summed E-state index contributed by atoms with van der Waals surface area (Å²) in [5.41, 5.74) is 0.936. The molecule has 0 atom stereocenters. The maximum Gasteiger partial charge on any atom is 0.136 e. The highest BCUT2D eigenvalue weighted by Crippen LogP contribution is 2.40. The lowest BCUT2D eigenvalue weighted by atomic mass is 10.3. The third-order valence-electron chi connectivity index (χ3n) is 3.03. The Bertz CT molecular complexity index is 610. The first-order valence-electron chi connectivity index (χ1n) is 6.11. The zero-order valence-electron chi connectivity index (χ0n) is 10.4. The second kappa shape index (κ2) is 5.31. The molecule has 19 heavy (non-hydrogen) atoms. The third-order valence-corrected chi connectivity index (χ3v) is 4.75. The van der Waals surface area contributed by atoms with E-state index >= 15 is 0 Å². The number of rotatable bonds is 3. The van der Waals surface area contributed by atoms with Crippen molar-refractivity contribution in [2.75, 3.05) is 0 Å². The van der Waals surface area contributed by atoms with Crippen LogP contribution in [-0.2, 0) is 0 Å². The Hall–Kier alpha value is -0.770. The molecule has 0 radical (unpaired) electrons. The molecule has 1 aromatic heterocycles.